The zero-order chi connectivity index (χ0) is 27.9. The van der Waals surface area contributed by atoms with E-state index in [1.165, 1.54) is 19.4 Å². The molecular weight excluding hydrogens is 476 g/mol. The number of rotatable bonds is 7. The molecular formula is C31H46N4O3. The third-order valence-electron chi connectivity index (χ3n) is 6.85. The van der Waals surface area contributed by atoms with Crippen LogP contribution in [0.3, 0.4) is 0 Å². The molecule has 2 fully saturated rings. The maximum absolute atomic E-state index is 12.9. The highest BCUT2D eigenvalue weighted by Crippen LogP contribution is 2.36. The van der Waals surface area contributed by atoms with Crippen molar-refractivity contribution in [1.82, 2.24) is 4.90 Å². The first-order valence-corrected chi connectivity index (χ1v) is 14.0. The minimum Gasteiger partial charge on any atom is -0.444 e. The van der Waals surface area contributed by atoms with Crippen LogP contribution in [0, 0.1) is 5.92 Å². The standard InChI is InChI=1S/C29H40N4O3.C2H6/c1-28(2,3)36-27(35)32-25-9-7-6-8-24(25)31-26(34)21-12-14-22(15-13-21)30-23-16-17-33(19-20-10-11-20)29(4,5)18-23;1-2/h6-9,12-15,20,23,30H,10-11,16-19H2,1-5H3,(H,31,34)(H,32,35);1-2H3. The number of para-hydroxylation sites is 2. The Balaban J connectivity index is 0.00000195. The van der Waals surface area contributed by atoms with Gasteiger partial charge in [0, 0.05) is 35.9 Å². The molecule has 0 bridgehead atoms. The molecule has 0 aromatic heterocycles. The summed E-state index contributed by atoms with van der Waals surface area (Å²) in [5, 5.41) is 9.28. The fourth-order valence-electron chi connectivity index (χ4n) is 4.78. The van der Waals surface area contributed by atoms with Gasteiger partial charge in [-0.1, -0.05) is 26.0 Å². The van der Waals surface area contributed by atoms with Crippen LogP contribution in [0.15, 0.2) is 48.5 Å². The van der Waals surface area contributed by atoms with E-state index in [1.807, 2.05) is 38.1 Å². The molecule has 3 N–H and O–H groups in total. The third kappa shape index (κ3) is 8.76. The van der Waals surface area contributed by atoms with Crippen molar-refractivity contribution in [2.45, 2.75) is 91.3 Å². The summed E-state index contributed by atoms with van der Waals surface area (Å²) in [4.78, 5) is 27.8. The van der Waals surface area contributed by atoms with Crippen molar-refractivity contribution in [1.29, 1.82) is 0 Å². The van der Waals surface area contributed by atoms with Crippen LogP contribution in [-0.4, -0.2) is 47.2 Å². The lowest BCUT2D eigenvalue weighted by Gasteiger charge is -2.46. The van der Waals surface area contributed by atoms with E-state index in [0.717, 1.165) is 31.0 Å². The van der Waals surface area contributed by atoms with Crippen LogP contribution in [0.25, 0.3) is 0 Å². The molecule has 2 aliphatic rings. The lowest BCUT2D eigenvalue weighted by Crippen LogP contribution is -2.53. The average molecular weight is 523 g/mol. The second-order valence-corrected chi connectivity index (χ2v) is 11.7. The van der Waals surface area contributed by atoms with E-state index in [1.54, 1.807) is 45.0 Å². The van der Waals surface area contributed by atoms with Gasteiger partial charge in [0.1, 0.15) is 5.60 Å². The number of benzene rings is 2. The fourth-order valence-corrected chi connectivity index (χ4v) is 4.78. The SMILES string of the molecule is CC.CC(C)(C)OC(=O)Nc1ccccc1NC(=O)c1ccc(NC2CCN(CC3CC3)C(C)(C)C2)cc1. The molecule has 208 valence electrons. The first-order valence-electron chi connectivity index (χ1n) is 14.0. The van der Waals surface area contributed by atoms with Crippen molar-refractivity contribution >= 4 is 29.1 Å². The van der Waals surface area contributed by atoms with Gasteiger partial charge in [-0.15, -0.1) is 0 Å². The first kappa shape index (κ1) is 29.5. The van der Waals surface area contributed by atoms with E-state index in [2.05, 4.69) is 34.7 Å². The Morgan fingerprint density at radius 2 is 1.55 bits per heavy atom. The van der Waals surface area contributed by atoms with Gasteiger partial charge in [0.15, 0.2) is 0 Å². The van der Waals surface area contributed by atoms with Crippen molar-refractivity contribution in [3.8, 4) is 0 Å². The lowest BCUT2D eigenvalue weighted by atomic mass is 9.86. The van der Waals surface area contributed by atoms with Gasteiger partial charge in [-0.05, 0) is 103 Å². The summed E-state index contributed by atoms with van der Waals surface area (Å²) in [6, 6.07) is 15.1. The summed E-state index contributed by atoms with van der Waals surface area (Å²) >= 11 is 0. The van der Waals surface area contributed by atoms with E-state index >= 15 is 0 Å². The molecule has 1 aliphatic heterocycles. The van der Waals surface area contributed by atoms with Crippen LogP contribution in [0.4, 0.5) is 21.9 Å². The highest BCUT2D eigenvalue weighted by Gasteiger charge is 2.37. The number of carbonyl (C=O) groups excluding carboxylic acids is 2. The molecule has 0 radical (unpaired) electrons. The monoisotopic (exact) mass is 522 g/mol. The third-order valence-corrected chi connectivity index (χ3v) is 6.85. The van der Waals surface area contributed by atoms with Gasteiger partial charge in [-0.2, -0.15) is 0 Å². The number of nitrogens with one attached hydrogen (secondary N) is 3. The number of nitrogens with zero attached hydrogens (tertiary/aromatic N) is 1. The van der Waals surface area contributed by atoms with Gasteiger partial charge in [0.25, 0.3) is 5.91 Å². The minimum absolute atomic E-state index is 0.194. The number of ether oxygens (including phenoxy) is 1. The van der Waals surface area contributed by atoms with Gasteiger partial charge in [0.2, 0.25) is 0 Å². The van der Waals surface area contributed by atoms with Gasteiger partial charge in [-0.25, -0.2) is 4.79 Å². The average Bonchev–Trinajstić information content (AvgIpc) is 3.67. The van der Waals surface area contributed by atoms with E-state index < -0.39 is 11.7 Å². The number of amides is 2. The summed E-state index contributed by atoms with van der Waals surface area (Å²) in [5.41, 5.74) is 2.15. The predicted molar refractivity (Wildman–Crippen MR) is 157 cm³/mol. The lowest BCUT2D eigenvalue weighted by molar-refractivity contribution is 0.0635. The topological polar surface area (TPSA) is 82.7 Å². The van der Waals surface area contributed by atoms with Crippen molar-refractivity contribution in [3.63, 3.8) is 0 Å². The highest BCUT2D eigenvalue weighted by atomic mass is 16.6. The molecule has 38 heavy (non-hydrogen) atoms. The number of carbonyl (C=O) groups is 2. The van der Waals surface area contributed by atoms with E-state index in [4.69, 9.17) is 4.74 Å². The number of hydrogen-bond donors (Lipinski definition) is 3. The Morgan fingerprint density at radius 3 is 2.11 bits per heavy atom. The zero-order valence-electron chi connectivity index (χ0n) is 24.2. The molecule has 2 aromatic rings. The Morgan fingerprint density at radius 1 is 0.947 bits per heavy atom. The van der Waals surface area contributed by atoms with Gasteiger partial charge < -0.3 is 15.4 Å². The van der Waals surface area contributed by atoms with Crippen LogP contribution in [0.2, 0.25) is 0 Å². The number of piperidine rings is 1. The molecule has 1 aliphatic carbocycles. The molecule has 7 nitrogen and oxygen atoms in total. The Bertz CT molecular complexity index is 1070. The zero-order valence-corrected chi connectivity index (χ0v) is 24.2. The quantitative estimate of drug-likeness (QED) is 0.353. The van der Waals surface area contributed by atoms with Crippen LogP contribution in [0.5, 0.6) is 0 Å². The largest absolute Gasteiger partial charge is 0.444 e. The second kappa shape index (κ2) is 12.7. The maximum atomic E-state index is 12.9. The highest BCUT2D eigenvalue weighted by molar-refractivity contribution is 6.07. The summed E-state index contributed by atoms with van der Waals surface area (Å²) in [6.45, 7) is 16.5. The molecule has 0 spiro atoms. The molecule has 1 atom stereocenters. The Kier molecular flexibility index (Phi) is 9.82. The summed E-state index contributed by atoms with van der Waals surface area (Å²) in [5.74, 6) is 0.669. The van der Waals surface area contributed by atoms with Crippen molar-refractivity contribution in [3.05, 3.63) is 54.1 Å². The Hall–Kier alpha value is -3.06. The molecule has 1 unspecified atom stereocenters. The van der Waals surface area contributed by atoms with Crippen molar-refractivity contribution in [2.75, 3.05) is 29.0 Å². The minimum atomic E-state index is -0.610. The number of hydrogen-bond acceptors (Lipinski definition) is 5. The number of likely N-dealkylation sites (tertiary alicyclic amines) is 1. The molecule has 1 saturated heterocycles. The molecule has 2 aromatic carbocycles. The summed E-state index contributed by atoms with van der Waals surface area (Å²) in [6.07, 6.45) is 4.43. The summed E-state index contributed by atoms with van der Waals surface area (Å²) in [7, 11) is 0. The molecule has 1 heterocycles. The maximum Gasteiger partial charge on any atom is 0.412 e. The molecule has 4 rings (SSSR count). The second-order valence-electron chi connectivity index (χ2n) is 11.7. The van der Waals surface area contributed by atoms with Crippen molar-refractivity contribution in [2.24, 2.45) is 5.92 Å². The van der Waals surface area contributed by atoms with Crippen LogP contribution in [0.1, 0.15) is 84.5 Å². The summed E-state index contributed by atoms with van der Waals surface area (Å²) < 4.78 is 5.33. The van der Waals surface area contributed by atoms with Crippen LogP contribution < -0.4 is 16.0 Å². The molecule has 2 amide bonds. The van der Waals surface area contributed by atoms with Gasteiger partial charge in [-0.3, -0.25) is 15.0 Å². The van der Waals surface area contributed by atoms with Gasteiger partial charge >= 0.3 is 6.09 Å². The fraction of sp³-hybridized carbons (Fsp3) is 0.548. The van der Waals surface area contributed by atoms with Crippen LogP contribution >= 0.6 is 0 Å². The predicted octanol–water partition coefficient (Wildman–Crippen LogP) is 7.38. The number of anilines is 3. The first-order chi connectivity index (χ1) is 18.0. The van der Waals surface area contributed by atoms with E-state index in [9.17, 15) is 9.59 Å². The van der Waals surface area contributed by atoms with Crippen molar-refractivity contribution < 1.29 is 14.3 Å². The van der Waals surface area contributed by atoms with Gasteiger partial charge in [0.05, 0.1) is 11.4 Å². The van der Waals surface area contributed by atoms with Crippen LogP contribution in [-0.2, 0) is 4.74 Å². The van der Waals surface area contributed by atoms with E-state index in [0.29, 0.717) is 23.0 Å². The smallest absolute Gasteiger partial charge is 0.412 e. The normalized spacial score (nSPS) is 19.0. The molecule has 1 saturated carbocycles. The molecule has 7 heteroatoms. The Labute approximate surface area is 228 Å². The van der Waals surface area contributed by atoms with E-state index in [-0.39, 0.29) is 11.4 Å².